The van der Waals surface area contributed by atoms with E-state index < -0.39 is 27.7 Å². The van der Waals surface area contributed by atoms with Crippen LogP contribution in [-0.4, -0.2) is 36.5 Å². The molecule has 1 atom stereocenters. The third-order valence-electron chi connectivity index (χ3n) is 3.47. The number of halogens is 3. The monoisotopic (exact) mass is 411 g/mol. The highest BCUT2D eigenvalue weighted by Gasteiger charge is 2.38. The van der Waals surface area contributed by atoms with E-state index in [-0.39, 0.29) is 22.8 Å². The summed E-state index contributed by atoms with van der Waals surface area (Å²) in [7, 11) is -3.04. The van der Waals surface area contributed by atoms with Crippen molar-refractivity contribution in [3.05, 3.63) is 65.7 Å². The smallest absolute Gasteiger partial charge is 0.329 e. The van der Waals surface area contributed by atoms with E-state index in [1.807, 2.05) is 0 Å². The molecule has 0 radical (unpaired) electrons. The minimum atomic E-state index is -4.71. The number of carbonyl (C=O) groups is 1. The zero-order valence-electron chi connectivity index (χ0n) is 14.3. The van der Waals surface area contributed by atoms with Crippen LogP contribution in [0.15, 0.2) is 56.8 Å². The van der Waals surface area contributed by atoms with Crippen LogP contribution in [0.1, 0.15) is 27.6 Å². The highest BCUT2D eigenvalue weighted by atomic mass is 32.2. The van der Waals surface area contributed by atoms with Crippen LogP contribution in [-0.2, 0) is 22.3 Å². The van der Waals surface area contributed by atoms with Crippen LogP contribution in [0.5, 0.6) is 0 Å². The van der Waals surface area contributed by atoms with E-state index in [0.717, 1.165) is 0 Å². The molecule has 0 spiro atoms. The number of alkyl halides is 3. The molecule has 1 amide bonds. The zero-order valence-corrected chi connectivity index (χ0v) is 15.1. The van der Waals surface area contributed by atoms with Crippen molar-refractivity contribution < 1.29 is 26.7 Å². The van der Waals surface area contributed by atoms with Crippen molar-refractivity contribution in [1.29, 1.82) is 0 Å². The first-order valence-electron chi connectivity index (χ1n) is 7.66. The molecule has 28 heavy (non-hydrogen) atoms. The predicted molar refractivity (Wildman–Crippen MR) is 89.7 cm³/mol. The molecule has 3 aromatic rings. The number of amides is 1. The van der Waals surface area contributed by atoms with Gasteiger partial charge >= 0.3 is 12.1 Å². The second-order valence-corrected chi connectivity index (χ2v) is 7.84. The Morgan fingerprint density at radius 1 is 1.21 bits per heavy atom. The Morgan fingerprint density at radius 2 is 1.93 bits per heavy atom. The maximum absolute atomic E-state index is 12.6. The third kappa shape index (κ3) is 4.57. The molecule has 0 aliphatic carbocycles. The maximum Gasteiger partial charge on any atom is 0.471 e. The van der Waals surface area contributed by atoms with Crippen LogP contribution in [0.3, 0.4) is 0 Å². The highest BCUT2D eigenvalue weighted by Crippen LogP contribution is 2.27. The predicted octanol–water partition coefficient (Wildman–Crippen LogP) is 2.77. The highest BCUT2D eigenvalue weighted by molar-refractivity contribution is 7.93. The summed E-state index contributed by atoms with van der Waals surface area (Å²) >= 11 is 0. The Labute approximate surface area is 157 Å². The molecule has 1 unspecified atom stereocenters. The second-order valence-electron chi connectivity index (χ2n) is 5.63. The molecule has 2 heterocycles. The standard InChI is InChI=1S/C16H12F3N5O3S/c1-28(26,13-6-7-20-9-21-13)24-14(25)11-4-2-10(3-5-11)8-12-22-15(27-23-12)16(17,18)19/h2-7,9H,8H2,1H3. The van der Waals surface area contributed by atoms with Gasteiger partial charge in [0.05, 0.1) is 9.73 Å². The van der Waals surface area contributed by atoms with Crippen LogP contribution >= 0.6 is 0 Å². The van der Waals surface area contributed by atoms with Crippen molar-refractivity contribution in [2.24, 2.45) is 4.36 Å². The lowest BCUT2D eigenvalue weighted by Crippen LogP contribution is -2.06. The van der Waals surface area contributed by atoms with Crippen LogP contribution in [0.25, 0.3) is 0 Å². The van der Waals surface area contributed by atoms with Gasteiger partial charge in [0.25, 0.3) is 5.91 Å². The van der Waals surface area contributed by atoms with E-state index in [1.165, 1.54) is 49.1 Å². The van der Waals surface area contributed by atoms with Crippen molar-refractivity contribution in [2.45, 2.75) is 17.6 Å². The summed E-state index contributed by atoms with van der Waals surface area (Å²) in [5, 5.41) is 3.41. The van der Waals surface area contributed by atoms with Gasteiger partial charge in [0.2, 0.25) is 0 Å². The number of hydrogen-bond donors (Lipinski definition) is 0. The first-order valence-corrected chi connectivity index (χ1v) is 9.59. The molecule has 2 aromatic heterocycles. The van der Waals surface area contributed by atoms with Gasteiger partial charge in [0.1, 0.15) is 11.4 Å². The Balaban J connectivity index is 1.75. The summed E-state index contributed by atoms with van der Waals surface area (Å²) < 4.78 is 57.8. The normalized spacial score (nSPS) is 13.7. The molecule has 0 aliphatic rings. The van der Waals surface area contributed by atoms with Gasteiger partial charge in [-0.3, -0.25) is 4.79 Å². The average Bonchev–Trinajstić information content (AvgIpc) is 3.12. The van der Waals surface area contributed by atoms with Crippen molar-refractivity contribution in [2.75, 3.05) is 6.26 Å². The quantitative estimate of drug-likeness (QED) is 0.607. The summed E-state index contributed by atoms with van der Waals surface area (Å²) in [6.07, 6.45) is -0.843. The Bertz CT molecular complexity index is 1100. The Kier molecular flexibility index (Phi) is 5.23. The van der Waals surface area contributed by atoms with E-state index in [0.29, 0.717) is 5.56 Å². The molecule has 146 valence electrons. The molecule has 1 aromatic carbocycles. The minimum absolute atomic E-state index is 0.0172. The van der Waals surface area contributed by atoms with E-state index in [9.17, 15) is 22.2 Å². The lowest BCUT2D eigenvalue weighted by Gasteiger charge is -2.03. The van der Waals surface area contributed by atoms with Gasteiger partial charge in [0, 0.05) is 24.4 Å². The molecule has 0 bridgehead atoms. The SMILES string of the molecule is CS(=O)(=NC(=O)c1ccc(Cc2noc(C(F)(F)F)n2)cc1)c1ccncn1. The Hall–Kier alpha value is -3.15. The van der Waals surface area contributed by atoms with Gasteiger partial charge in [-0.2, -0.15) is 22.5 Å². The van der Waals surface area contributed by atoms with Crippen molar-refractivity contribution in [3.8, 4) is 0 Å². The molecule has 0 aliphatic heterocycles. The fourth-order valence-electron chi connectivity index (χ4n) is 2.15. The number of hydrogen-bond acceptors (Lipinski definition) is 7. The zero-order chi connectivity index (χ0) is 20.4. The maximum atomic E-state index is 12.6. The molecule has 12 heteroatoms. The van der Waals surface area contributed by atoms with Crippen LogP contribution < -0.4 is 0 Å². The summed E-state index contributed by atoms with van der Waals surface area (Å²) in [5.74, 6) is -2.27. The van der Waals surface area contributed by atoms with E-state index >= 15 is 0 Å². The van der Waals surface area contributed by atoms with Crippen LogP contribution in [0.2, 0.25) is 0 Å². The van der Waals surface area contributed by atoms with Gasteiger partial charge < -0.3 is 4.52 Å². The molecule has 0 saturated heterocycles. The number of benzene rings is 1. The van der Waals surface area contributed by atoms with Gasteiger partial charge in [-0.15, -0.1) is 0 Å². The fourth-order valence-corrected chi connectivity index (χ4v) is 3.22. The summed E-state index contributed by atoms with van der Waals surface area (Å²) in [6.45, 7) is 0. The third-order valence-corrected chi connectivity index (χ3v) is 5.01. The van der Waals surface area contributed by atoms with Gasteiger partial charge in [-0.05, 0) is 23.8 Å². The first-order chi connectivity index (χ1) is 13.1. The minimum Gasteiger partial charge on any atom is -0.329 e. The van der Waals surface area contributed by atoms with Crippen LogP contribution in [0, 0.1) is 0 Å². The van der Waals surface area contributed by atoms with E-state index in [2.05, 4.69) is 29.0 Å². The first kappa shape index (κ1) is 19.6. The van der Waals surface area contributed by atoms with E-state index in [1.54, 1.807) is 0 Å². The molecule has 0 fully saturated rings. The van der Waals surface area contributed by atoms with Crippen LogP contribution in [0.4, 0.5) is 13.2 Å². The lowest BCUT2D eigenvalue weighted by atomic mass is 10.1. The number of rotatable bonds is 4. The largest absolute Gasteiger partial charge is 0.471 e. The van der Waals surface area contributed by atoms with Gasteiger partial charge in [-0.1, -0.05) is 17.3 Å². The number of nitrogens with zero attached hydrogens (tertiary/aromatic N) is 5. The molecule has 8 nitrogen and oxygen atoms in total. The van der Waals surface area contributed by atoms with Crippen molar-refractivity contribution >= 4 is 15.6 Å². The summed E-state index contributed by atoms with van der Waals surface area (Å²) in [5.41, 5.74) is 0.718. The summed E-state index contributed by atoms with van der Waals surface area (Å²) in [6, 6.07) is 7.26. The average molecular weight is 411 g/mol. The molecule has 3 rings (SSSR count). The lowest BCUT2D eigenvalue weighted by molar-refractivity contribution is -0.159. The molecular weight excluding hydrogens is 399 g/mol. The van der Waals surface area contributed by atoms with Crippen molar-refractivity contribution in [3.63, 3.8) is 0 Å². The Morgan fingerprint density at radius 3 is 2.50 bits per heavy atom. The molecule has 0 N–H and O–H groups in total. The number of carbonyl (C=O) groups excluding carboxylic acids is 1. The molecule has 0 saturated carbocycles. The molecular formula is C16H12F3N5O3S. The summed E-state index contributed by atoms with van der Waals surface area (Å²) in [4.78, 5) is 23.1. The second kappa shape index (κ2) is 7.46. The topological polar surface area (TPSA) is 111 Å². The fraction of sp³-hybridized carbons (Fsp3) is 0.188. The van der Waals surface area contributed by atoms with Gasteiger partial charge in [0.15, 0.2) is 5.82 Å². The van der Waals surface area contributed by atoms with Gasteiger partial charge in [-0.25, -0.2) is 14.2 Å². The van der Waals surface area contributed by atoms with E-state index in [4.69, 9.17) is 0 Å². The number of aromatic nitrogens is 4. The van der Waals surface area contributed by atoms with Crippen molar-refractivity contribution in [1.82, 2.24) is 20.1 Å².